The molecule has 0 bridgehead atoms. The highest BCUT2D eigenvalue weighted by molar-refractivity contribution is 5.76. The number of hydrogen-bond acceptors (Lipinski definition) is 2. The standard InChI is InChI=1S/C29H34N2/c1-3-24-22(17-20-9-5-13-30-15-7-11-26(24)28(20)30)19-23-18-21-10-6-14-31-16-8-12-27(29(21)31)25(23)4-2/h3-4,17-18H,1-2,5-16,19H2. The molecule has 0 amide bonds. The van der Waals surface area contributed by atoms with Crippen molar-refractivity contribution >= 4 is 23.5 Å². The summed E-state index contributed by atoms with van der Waals surface area (Å²) in [5, 5.41) is 0. The molecule has 4 aliphatic heterocycles. The average molecular weight is 411 g/mol. The zero-order valence-corrected chi connectivity index (χ0v) is 18.8. The molecule has 31 heavy (non-hydrogen) atoms. The molecule has 0 aliphatic carbocycles. The van der Waals surface area contributed by atoms with Crippen LogP contribution < -0.4 is 9.80 Å². The minimum Gasteiger partial charge on any atom is -0.371 e. The van der Waals surface area contributed by atoms with Crippen molar-refractivity contribution in [2.24, 2.45) is 0 Å². The second-order valence-corrected chi connectivity index (χ2v) is 9.84. The lowest BCUT2D eigenvalue weighted by molar-refractivity contribution is 0.631. The molecule has 0 spiro atoms. The van der Waals surface area contributed by atoms with E-state index in [2.05, 4.69) is 47.2 Å². The molecule has 0 atom stereocenters. The van der Waals surface area contributed by atoms with E-state index >= 15 is 0 Å². The second kappa shape index (κ2) is 7.58. The van der Waals surface area contributed by atoms with Crippen LogP contribution in [0.15, 0.2) is 25.3 Å². The molecule has 4 aliphatic rings. The molecule has 0 aromatic heterocycles. The minimum absolute atomic E-state index is 1.00. The summed E-state index contributed by atoms with van der Waals surface area (Å²) in [6.45, 7) is 13.4. The van der Waals surface area contributed by atoms with Crippen LogP contribution in [0, 0.1) is 0 Å². The molecule has 2 aromatic carbocycles. The third-order valence-electron chi connectivity index (χ3n) is 8.10. The first kappa shape index (κ1) is 19.2. The lowest BCUT2D eigenvalue weighted by Crippen LogP contribution is -2.35. The van der Waals surface area contributed by atoms with Crippen molar-refractivity contribution in [1.29, 1.82) is 0 Å². The fourth-order valence-electron chi connectivity index (χ4n) is 6.91. The van der Waals surface area contributed by atoms with Gasteiger partial charge in [-0.15, -0.1) is 0 Å². The maximum absolute atomic E-state index is 4.26. The van der Waals surface area contributed by atoms with Crippen molar-refractivity contribution in [3.63, 3.8) is 0 Å². The van der Waals surface area contributed by atoms with Crippen LogP contribution >= 0.6 is 0 Å². The van der Waals surface area contributed by atoms with Gasteiger partial charge < -0.3 is 9.80 Å². The highest BCUT2D eigenvalue weighted by atomic mass is 15.1. The van der Waals surface area contributed by atoms with E-state index in [1.165, 1.54) is 99.8 Å². The van der Waals surface area contributed by atoms with Crippen LogP contribution in [0.4, 0.5) is 11.4 Å². The Morgan fingerprint density at radius 1 is 0.645 bits per heavy atom. The molecule has 2 heteroatoms. The highest BCUT2D eigenvalue weighted by Gasteiger charge is 2.29. The summed E-state index contributed by atoms with van der Waals surface area (Å²) in [6, 6.07) is 5.05. The van der Waals surface area contributed by atoms with Gasteiger partial charge in [-0.2, -0.15) is 0 Å². The van der Waals surface area contributed by atoms with E-state index in [4.69, 9.17) is 0 Å². The molecular formula is C29H34N2. The van der Waals surface area contributed by atoms with E-state index < -0.39 is 0 Å². The lowest BCUT2D eigenvalue weighted by Gasteiger charge is -2.39. The van der Waals surface area contributed by atoms with Crippen molar-refractivity contribution in [1.82, 2.24) is 0 Å². The van der Waals surface area contributed by atoms with E-state index in [1.54, 1.807) is 33.6 Å². The Kier molecular flexibility index (Phi) is 4.70. The van der Waals surface area contributed by atoms with Gasteiger partial charge in [-0.05, 0) is 102 Å². The summed E-state index contributed by atoms with van der Waals surface area (Å²) in [5.41, 5.74) is 15.2. The summed E-state index contributed by atoms with van der Waals surface area (Å²) in [6.07, 6.45) is 15.3. The Morgan fingerprint density at radius 3 is 1.48 bits per heavy atom. The van der Waals surface area contributed by atoms with E-state index in [9.17, 15) is 0 Å². The molecule has 160 valence electrons. The van der Waals surface area contributed by atoms with Crippen LogP contribution in [0.3, 0.4) is 0 Å². The number of benzene rings is 2. The van der Waals surface area contributed by atoms with E-state index in [1.807, 2.05) is 0 Å². The first-order valence-corrected chi connectivity index (χ1v) is 12.4. The predicted octanol–water partition coefficient (Wildman–Crippen LogP) is 5.96. The first-order valence-electron chi connectivity index (χ1n) is 12.4. The minimum atomic E-state index is 1.00. The van der Waals surface area contributed by atoms with Crippen LogP contribution in [0.2, 0.25) is 0 Å². The first-order chi connectivity index (χ1) is 15.3. The zero-order chi connectivity index (χ0) is 20.9. The van der Waals surface area contributed by atoms with E-state index in [0.717, 1.165) is 6.42 Å². The van der Waals surface area contributed by atoms with Crippen LogP contribution in [-0.4, -0.2) is 26.2 Å². The third-order valence-corrected chi connectivity index (χ3v) is 8.10. The quantitative estimate of drug-likeness (QED) is 0.613. The van der Waals surface area contributed by atoms with Crippen LogP contribution in [0.1, 0.15) is 70.2 Å². The average Bonchev–Trinajstić information content (AvgIpc) is 2.80. The molecule has 0 saturated carbocycles. The van der Waals surface area contributed by atoms with Crippen molar-refractivity contribution in [3.05, 3.63) is 69.8 Å². The summed E-state index contributed by atoms with van der Waals surface area (Å²) in [7, 11) is 0. The maximum atomic E-state index is 4.26. The molecule has 4 heterocycles. The summed E-state index contributed by atoms with van der Waals surface area (Å²) in [4.78, 5) is 5.28. The van der Waals surface area contributed by atoms with E-state index in [0.29, 0.717) is 0 Å². The molecule has 0 radical (unpaired) electrons. The zero-order valence-electron chi connectivity index (χ0n) is 18.8. The van der Waals surface area contributed by atoms with E-state index in [-0.39, 0.29) is 0 Å². The topological polar surface area (TPSA) is 6.48 Å². The molecule has 2 nitrogen and oxygen atoms in total. The number of nitrogens with zero attached hydrogens (tertiary/aromatic N) is 2. The molecule has 0 N–H and O–H groups in total. The summed E-state index contributed by atoms with van der Waals surface area (Å²) < 4.78 is 0. The molecule has 6 rings (SSSR count). The van der Waals surface area contributed by atoms with Gasteiger partial charge >= 0.3 is 0 Å². The normalized spacial score (nSPS) is 19.0. The fraction of sp³-hybridized carbons (Fsp3) is 0.448. The number of aryl methyl sites for hydroxylation is 2. The SMILES string of the molecule is C=Cc1c(Cc2cc3c4c(c2C=C)CCCN4CCC3)cc2c3c1CCCN3CCC2. The maximum Gasteiger partial charge on any atom is 0.0437 e. The van der Waals surface area contributed by atoms with Gasteiger partial charge in [0.05, 0.1) is 0 Å². The number of hydrogen-bond donors (Lipinski definition) is 0. The Balaban J connectivity index is 1.49. The number of anilines is 2. The summed E-state index contributed by atoms with van der Waals surface area (Å²) >= 11 is 0. The van der Waals surface area contributed by atoms with Crippen molar-refractivity contribution in [2.45, 2.75) is 57.8 Å². The molecular weight excluding hydrogens is 376 g/mol. The Bertz CT molecular complexity index is 988. The third kappa shape index (κ3) is 2.98. The monoisotopic (exact) mass is 410 g/mol. The molecule has 2 aromatic rings. The van der Waals surface area contributed by atoms with Gasteiger partial charge in [-0.25, -0.2) is 0 Å². The van der Waals surface area contributed by atoms with Gasteiger partial charge in [0.2, 0.25) is 0 Å². The molecule has 0 saturated heterocycles. The van der Waals surface area contributed by atoms with Crippen LogP contribution in [0.25, 0.3) is 12.2 Å². The van der Waals surface area contributed by atoms with Crippen molar-refractivity contribution in [3.8, 4) is 0 Å². The van der Waals surface area contributed by atoms with Gasteiger partial charge in [-0.3, -0.25) is 0 Å². The Labute approximate surface area is 187 Å². The van der Waals surface area contributed by atoms with Gasteiger partial charge in [0.15, 0.2) is 0 Å². The van der Waals surface area contributed by atoms with Gasteiger partial charge in [-0.1, -0.05) is 37.4 Å². The smallest absolute Gasteiger partial charge is 0.0437 e. The van der Waals surface area contributed by atoms with Gasteiger partial charge in [0.1, 0.15) is 0 Å². The Hall–Kier alpha value is -2.48. The largest absolute Gasteiger partial charge is 0.371 e. The van der Waals surface area contributed by atoms with Crippen molar-refractivity contribution < 1.29 is 0 Å². The predicted molar refractivity (Wildman–Crippen MR) is 134 cm³/mol. The second-order valence-electron chi connectivity index (χ2n) is 9.84. The molecule has 0 unspecified atom stereocenters. The number of rotatable bonds is 4. The van der Waals surface area contributed by atoms with Gasteiger partial charge in [0, 0.05) is 37.6 Å². The lowest BCUT2D eigenvalue weighted by atomic mass is 9.81. The van der Waals surface area contributed by atoms with Gasteiger partial charge in [0.25, 0.3) is 0 Å². The van der Waals surface area contributed by atoms with Crippen LogP contribution in [-0.2, 0) is 32.1 Å². The highest BCUT2D eigenvalue weighted by Crippen LogP contribution is 2.42. The van der Waals surface area contributed by atoms with Crippen LogP contribution in [0.5, 0.6) is 0 Å². The fourth-order valence-corrected chi connectivity index (χ4v) is 6.91. The summed E-state index contributed by atoms with van der Waals surface area (Å²) in [5.74, 6) is 0. The molecule has 0 fully saturated rings. The van der Waals surface area contributed by atoms with Crippen molar-refractivity contribution in [2.75, 3.05) is 36.0 Å². The Morgan fingerprint density at radius 2 is 1.06 bits per heavy atom.